The summed E-state index contributed by atoms with van der Waals surface area (Å²) in [7, 11) is 0. The number of aromatic nitrogens is 4. The number of halogens is 1. The first-order valence-corrected chi connectivity index (χ1v) is 9.10. The van der Waals surface area contributed by atoms with Gasteiger partial charge >= 0.3 is 0 Å². The van der Waals surface area contributed by atoms with Crippen LogP contribution in [0, 0.1) is 6.92 Å². The van der Waals surface area contributed by atoms with Crippen molar-refractivity contribution in [2.45, 2.75) is 40.1 Å². The standard InChI is InChI=1S/C19H22ClN5O2/c1-4-24-9-7-16(22-24)14(3)21-19(26)17-8-10-25(23-17)12-27-18-6-5-15(20)11-13(18)2/h5-11,14H,4,12H2,1-3H3,(H,21,26). The van der Waals surface area contributed by atoms with Gasteiger partial charge in [-0.1, -0.05) is 11.6 Å². The molecule has 0 saturated heterocycles. The first kappa shape index (κ1) is 19.0. The van der Waals surface area contributed by atoms with Gasteiger partial charge in [-0.15, -0.1) is 0 Å². The molecule has 0 bridgehead atoms. The molecule has 142 valence electrons. The van der Waals surface area contributed by atoms with Gasteiger partial charge in [-0.05, 0) is 56.7 Å². The molecule has 27 heavy (non-hydrogen) atoms. The highest BCUT2D eigenvalue weighted by Gasteiger charge is 2.16. The Bertz CT molecular complexity index is 934. The summed E-state index contributed by atoms with van der Waals surface area (Å²) in [4.78, 5) is 12.4. The summed E-state index contributed by atoms with van der Waals surface area (Å²) in [6.45, 7) is 6.82. The lowest BCUT2D eigenvalue weighted by Gasteiger charge is -2.11. The highest BCUT2D eigenvalue weighted by atomic mass is 35.5. The highest BCUT2D eigenvalue weighted by molar-refractivity contribution is 6.30. The molecule has 7 nitrogen and oxygen atoms in total. The van der Waals surface area contributed by atoms with Gasteiger partial charge in [0.05, 0.1) is 11.7 Å². The Hall–Kier alpha value is -2.80. The fourth-order valence-electron chi connectivity index (χ4n) is 2.59. The predicted molar refractivity (Wildman–Crippen MR) is 103 cm³/mol. The minimum atomic E-state index is -0.255. The van der Waals surface area contributed by atoms with Crippen LogP contribution in [-0.2, 0) is 13.3 Å². The lowest BCUT2D eigenvalue weighted by Crippen LogP contribution is -2.27. The molecule has 1 unspecified atom stereocenters. The Morgan fingerprint density at radius 1 is 1.22 bits per heavy atom. The summed E-state index contributed by atoms with van der Waals surface area (Å²) in [5, 5.41) is 12.2. The van der Waals surface area contributed by atoms with E-state index < -0.39 is 0 Å². The molecular weight excluding hydrogens is 366 g/mol. The number of hydrogen-bond acceptors (Lipinski definition) is 4. The zero-order valence-corrected chi connectivity index (χ0v) is 16.3. The minimum Gasteiger partial charge on any atom is -0.471 e. The van der Waals surface area contributed by atoms with Crippen LogP contribution in [0.2, 0.25) is 5.02 Å². The van der Waals surface area contributed by atoms with Crippen molar-refractivity contribution in [3.8, 4) is 5.75 Å². The van der Waals surface area contributed by atoms with Gasteiger partial charge < -0.3 is 10.1 Å². The Labute approximate surface area is 162 Å². The van der Waals surface area contributed by atoms with Gasteiger partial charge in [0.15, 0.2) is 6.73 Å². The number of aryl methyl sites for hydroxylation is 2. The zero-order valence-electron chi connectivity index (χ0n) is 15.5. The monoisotopic (exact) mass is 387 g/mol. The fraction of sp³-hybridized carbons (Fsp3) is 0.316. The second-order valence-electron chi connectivity index (χ2n) is 6.22. The summed E-state index contributed by atoms with van der Waals surface area (Å²) >= 11 is 5.94. The summed E-state index contributed by atoms with van der Waals surface area (Å²) < 4.78 is 9.12. The summed E-state index contributed by atoms with van der Waals surface area (Å²) in [6.07, 6.45) is 3.60. The van der Waals surface area contributed by atoms with Crippen LogP contribution in [0.25, 0.3) is 0 Å². The van der Waals surface area contributed by atoms with E-state index >= 15 is 0 Å². The van der Waals surface area contributed by atoms with E-state index in [9.17, 15) is 4.79 Å². The second-order valence-corrected chi connectivity index (χ2v) is 6.65. The minimum absolute atomic E-state index is 0.201. The highest BCUT2D eigenvalue weighted by Crippen LogP contribution is 2.22. The third-order valence-electron chi connectivity index (χ3n) is 4.14. The van der Waals surface area contributed by atoms with Crippen molar-refractivity contribution >= 4 is 17.5 Å². The lowest BCUT2D eigenvalue weighted by molar-refractivity contribution is 0.0932. The van der Waals surface area contributed by atoms with Crippen LogP contribution in [0.15, 0.2) is 42.7 Å². The van der Waals surface area contributed by atoms with E-state index in [1.54, 1.807) is 23.0 Å². The Morgan fingerprint density at radius 3 is 2.70 bits per heavy atom. The number of nitrogens with zero attached hydrogens (tertiary/aromatic N) is 4. The van der Waals surface area contributed by atoms with E-state index in [0.717, 1.165) is 23.6 Å². The van der Waals surface area contributed by atoms with E-state index in [1.807, 2.05) is 49.8 Å². The van der Waals surface area contributed by atoms with Crippen LogP contribution in [0.3, 0.4) is 0 Å². The van der Waals surface area contributed by atoms with Crippen molar-refractivity contribution in [3.05, 3.63) is 64.7 Å². The molecule has 1 aromatic carbocycles. The van der Waals surface area contributed by atoms with E-state index in [1.165, 1.54) is 0 Å². The van der Waals surface area contributed by atoms with Crippen LogP contribution in [0.4, 0.5) is 0 Å². The quantitative estimate of drug-likeness (QED) is 0.672. The molecule has 8 heteroatoms. The average Bonchev–Trinajstić information content (AvgIpc) is 3.30. The average molecular weight is 388 g/mol. The number of ether oxygens (including phenoxy) is 1. The number of nitrogens with one attached hydrogen (secondary N) is 1. The van der Waals surface area contributed by atoms with Crippen LogP contribution in [-0.4, -0.2) is 25.5 Å². The molecule has 1 amide bonds. The number of carbonyl (C=O) groups excluding carboxylic acids is 1. The maximum atomic E-state index is 12.4. The molecule has 0 aliphatic heterocycles. The van der Waals surface area contributed by atoms with Crippen molar-refractivity contribution in [1.29, 1.82) is 0 Å². The Morgan fingerprint density at radius 2 is 2.00 bits per heavy atom. The van der Waals surface area contributed by atoms with Crippen LogP contribution in [0.5, 0.6) is 5.75 Å². The molecular formula is C19H22ClN5O2. The van der Waals surface area contributed by atoms with Gasteiger partial charge in [-0.25, -0.2) is 4.68 Å². The number of hydrogen-bond donors (Lipinski definition) is 1. The number of rotatable bonds is 7. The topological polar surface area (TPSA) is 74.0 Å². The number of carbonyl (C=O) groups is 1. The van der Waals surface area contributed by atoms with E-state index in [4.69, 9.17) is 16.3 Å². The normalized spacial score (nSPS) is 12.0. The molecule has 0 spiro atoms. The van der Waals surface area contributed by atoms with Crippen LogP contribution in [0.1, 0.15) is 41.6 Å². The van der Waals surface area contributed by atoms with Crippen molar-refractivity contribution in [3.63, 3.8) is 0 Å². The Balaban J connectivity index is 1.58. The first-order chi connectivity index (χ1) is 13.0. The van der Waals surface area contributed by atoms with Crippen LogP contribution >= 0.6 is 11.6 Å². The largest absolute Gasteiger partial charge is 0.471 e. The van der Waals surface area contributed by atoms with E-state index in [0.29, 0.717) is 10.7 Å². The van der Waals surface area contributed by atoms with Gasteiger partial charge in [-0.3, -0.25) is 9.48 Å². The maximum Gasteiger partial charge on any atom is 0.272 e. The van der Waals surface area contributed by atoms with Gasteiger partial charge in [0.2, 0.25) is 0 Å². The molecule has 0 saturated carbocycles. The van der Waals surface area contributed by atoms with Gasteiger partial charge in [0, 0.05) is 24.0 Å². The molecule has 0 fully saturated rings. The van der Waals surface area contributed by atoms with Crippen LogP contribution < -0.4 is 10.1 Å². The molecule has 0 aliphatic carbocycles. The molecule has 3 rings (SSSR count). The zero-order chi connectivity index (χ0) is 19.4. The molecule has 2 heterocycles. The molecule has 3 aromatic rings. The summed E-state index contributed by atoms with van der Waals surface area (Å²) in [5.74, 6) is 0.469. The second kappa shape index (κ2) is 8.26. The fourth-order valence-corrected chi connectivity index (χ4v) is 2.82. The maximum absolute atomic E-state index is 12.4. The third kappa shape index (κ3) is 4.68. The molecule has 1 atom stereocenters. The lowest BCUT2D eigenvalue weighted by atomic mass is 10.2. The number of amides is 1. The first-order valence-electron chi connectivity index (χ1n) is 8.73. The molecule has 1 N–H and O–H groups in total. The molecule has 0 aliphatic rings. The van der Waals surface area contributed by atoms with Gasteiger partial charge in [-0.2, -0.15) is 10.2 Å². The molecule has 2 aromatic heterocycles. The van der Waals surface area contributed by atoms with Crippen molar-refractivity contribution in [2.24, 2.45) is 0 Å². The van der Waals surface area contributed by atoms with E-state index in [2.05, 4.69) is 15.5 Å². The molecule has 0 radical (unpaired) electrons. The van der Waals surface area contributed by atoms with Crippen molar-refractivity contribution < 1.29 is 9.53 Å². The van der Waals surface area contributed by atoms with Gasteiger partial charge in [0.1, 0.15) is 11.4 Å². The van der Waals surface area contributed by atoms with Crippen molar-refractivity contribution in [1.82, 2.24) is 24.9 Å². The van der Waals surface area contributed by atoms with Gasteiger partial charge in [0.25, 0.3) is 5.91 Å². The summed E-state index contributed by atoms with van der Waals surface area (Å²) in [5.41, 5.74) is 2.08. The Kier molecular flexibility index (Phi) is 5.81. The number of benzene rings is 1. The van der Waals surface area contributed by atoms with E-state index in [-0.39, 0.29) is 18.7 Å². The predicted octanol–water partition coefficient (Wildman–Crippen LogP) is 3.59. The third-order valence-corrected chi connectivity index (χ3v) is 4.37. The SMILES string of the molecule is CCn1ccc(C(C)NC(=O)c2ccn(COc3ccc(Cl)cc3C)n2)n1. The van der Waals surface area contributed by atoms with Crippen molar-refractivity contribution in [2.75, 3.05) is 0 Å². The summed E-state index contributed by atoms with van der Waals surface area (Å²) in [6, 6.07) is 8.77. The smallest absolute Gasteiger partial charge is 0.272 e.